The van der Waals surface area contributed by atoms with E-state index in [2.05, 4.69) is 11.4 Å². The zero-order chi connectivity index (χ0) is 15.4. The van der Waals surface area contributed by atoms with Crippen LogP contribution in [0.25, 0.3) is 0 Å². The maximum Gasteiger partial charge on any atom is 0.124 e. The summed E-state index contributed by atoms with van der Waals surface area (Å²) < 4.78 is 11.2. The molecule has 1 aliphatic rings. The van der Waals surface area contributed by atoms with Gasteiger partial charge >= 0.3 is 0 Å². The molecule has 0 aromatic heterocycles. The topological polar surface area (TPSA) is 50.7 Å². The molecule has 4 heteroatoms. The molecule has 4 nitrogen and oxygen atoms in total. The number of phenolic OH excluding ortho intramolecular Hbond substituents is 1. The molecule has 1 heterocycles. The van der Waals surface area contributed by atoms with Crippen LogP contribution in [0.4, 0.5) is 0 Å². The van der Waals surface area contributed by atoms with E-state index in [0.717, 1.165) is 23.5 Å². The molecule has 22 heavy (non-hydrogen) atoms. The van der Waals surface area contributed by atoms with E-state index in [1.165, 1.54) is 5.56 Å². The predicted octanol–water partition coefficient (Wildman–Crippen LogP) is 3.40. The maximum absolute atomic E-state index is 10.0. The van der Waals surface area contributed by atoms with Crippen LogP contribution in [0, 0.1) is 0 Å². The maximum atomic E-state index is 10.0. The highest BCUT2D eigenvalue weighted by atomic mass is 16.5. The molecule has 1 unspecified atom stereocenters. The first-order valence-corrected chi connectivity index (χ1v) is 7.67. The quantitative estimate of drug-likeness (QED) is 0.888. The number of benzene rings is 2. The Labute approximate surface area is 130 Å². The number of phenols is 1. The molecule has 2 aromatic carbocycles. The second kappa shape index (κ2) is 6.71. The molecule has 0 saturated heterocycles. The third kappa shape index (κ3) is 3.17. The van der Waals surface area contributed by atoms with Crippen LogP contribution in [0.3, 0.4) is 0 Å². The Kier molecular flexibility index (Phi) is 4.49. The molecule has 2 N–H and O–H groups in total. The Morgan fingerprint density at radius 2 is 2.14 bits per heavy atom. The first-order valence-electron chi connectivity index (χ1n) is 7.67. The third-order valence-electron chi connectivity index (χ3n) is 3.86. The van der Waals surface area contributed by atoms with Crippen molar-refractivity contribution >= 4 is 0 Å². The molecule has 0 bridgehead atoms. The first kappa shape index (κ1) is 14.7. The highest BCUT2D eigenvalue weighted by molar-refractivity contribution is 5.40. The van der Waals surface area contributed by atoms with Gasteiger partial charge < -0.3 is 19.9 Å². The summed E-state index contributed by atoms with van der Waals surface area (Å²) in [5.74, 6) is 2.01. The van der Waals surface area contributed by atoms with Crippen molar-refractivity contribution in [1.82, 2.24) is 5.32 Å². The summed E-state index contributed by atoms with van der Waals surface area (Å²) in [6.45, 7) is 3.86. The Bertz CT molecular complexity index is 642. The van der Waals surface area contributed by atoms with Gasteiger partial charge in [0.15, 0.2) is 0 Å². The fourth-order valence-corrected chi connectivity index (χ4v) is 2.75. The van der Waals surface area contributed by atoms with Crippen molar-refractivity contribution in [3.8, 4) is 17.2 Å². The summed E-state index contributed by atoms with van der Waals surface area (Å²) >= 11 is 0. The SMILES string of the molecule is CCOc1ccc(O)c(CNC2CCOc3ccccc32)c1. The minimum Gasteiger partial charge on any atom is -0.508 e. The molecule has 0 fully saturated rings. The van der Waals surface area contributed by atoms with E-state index in [9.17, 15) is 5.11 Å². The number of hydrogen-bond donors (Lipinski definition) is 2. The summed E-state index contributed by atoms with van der Waals surface area (Å²) in [6, 6.07) is 13.7. The van der Waals surface area contributed by atoms with Gasteiger partial charge in [-0.15, -0.1) is 0 Å². The molecule has 0 spiro atoms. The van der Waals surface area contributed by atoms with Crippen LogP contribution in [0.1, 0.15) is 30.5 Å². The zero-order valence-electron chi connectivity index (χ0n) is 12.7. The van der Waals surface area contributed by atoms with Gasteiger partial charge in [0.05, 0.1) is 13.2 Å². The van der Waals surface area contributed by atoms with Crippen molar-refractivity contribution in [3.63, 3.8) is 0 Å². The predicted molar refractivity (Wildman–Crippen MR) is 85.4 cm³/mol. The van der Waals surface area contributed by atoms with Gasteiger partial charge in [0.25, 0.3) is 0 Å². The molecule has 0 saturated carbocycles. The fraction of sp³-hybridized carbons (Fsp3) is 0.333. The molecule has 1 atom stereocenters. The van der Waals surface area contributed by atoms with Crippen molar-refractivity contribution in [3.05, 3.63) is 53.6 Å². The van der Waals surface area contributed by atoms with E-state index in [1.807, 2.05) is 31.2 Å². The van der Waals surface area contributed by atoms with Crippen LogP contribution in [0.15, 0.2) is 42.5 Å². The van der Waals surface area contributed by atoms with E-state index in [0.29, 0.717) is 19.8 Å². The number of hydrogen-bond acceptors (Lipinski definition) is 4. The summed E-state index contributed by atoms with van der Waals surface area (Å²) in [5.41, 5.74) is 2.02. The van der Waals surface area contributed by atoms with Gasteiger partial charge in [0.1, 0.15) is 17.2 Å². The molecule has 0 radical (unpaired) electrons. The third-order valence-corrected chi connectivity index (χ3v) is 3.86. The van der Waals surface area contributed by atoms with Crippen molar-refractivity contribution in [2.45, 2.75) is 25.9 Å². The summed E-state index contributed by atoms with van der Waals surface area (Å²) in [7, 11) is 0. The van der Waals surface area contributed by atoms with Gasteiger partial charge in [-0.1, -0.05) is 18.2 Å². The molecule has 3 rings (SSSR count). The normalized spacial score (nSPS) is 16.7. The minimum atomic E-state index is 0.236. The van der Waals surface area contributed by atoms with Gasteiger partial charge in [0, 0.05) is 30.1 Å². The van der Waals surface area contributed by atoms with Crippen molar-refractivity contribution in [2.24, 2.45) is 0 Å². The average molecular weight is 299 g/mol. The van der Waals surface area contributed by atoms with E-state index < -0.39 is 0 Å². The Morgan fingerprint density at radius 3 is 3.00 bits per heavy atom. The van der Waals surface area contributed by atoms with Crippen molar-refractivity contribution in [1.29, 1.82) is 0 Å². The van der Waals surface area contributed by atoms with Crippen LogP contribution in [0.5, 0.6) is 17.2 Å². The molecular weight excluding hydrogens is 278 g/mol. The fourth-order valence-electron chi connectivity index (χ4n) is 2.75. The number of nitrogens with one attached hydrogen (secondary N) is 1. The van der Waals surface area contributed by atoms with Gasteiger partial charge in [-0.2, -0.15) is 0 Å². The molecule has 0 aliphatic carbocycles. The molecule has 0 amide bonds. The van der Waals surface area contributed by atoms with Crippen LogP contribution in [0.2, 0.25) is 0 Å². The van der Waals surface area contributed by atoms with Crippen LogP contribution in [-0.4, -0.2) is 18.3 Å². The van der Waals surface area contributed by atoms with Gasteiger partial charge in [0.2, 0.25) is 0 Å². The number of aromatic hydroxyl groups is 1. The van der Waals surface area contributed by atoms with Crippen LogP contribution in [-0.2, 0) is 6.54 Å². The molecule has 2 aromatic rings. The first-order chi connectivity index (χ1) is 10.8. The minimum absolute atomic E-state index is 0.236. The summed E-state index contributed by atoms with van der Waals surface area (Å²) in [6.07, 6.45) is 0.920. The van der Waals surface area contributed by atoms with Gasteiger partial charge in [-0.3, -0.25) is 0 Å². The highest BCUT2D eigenvalue weighted by Crippen LogP contribution is 2.32. The van der Waals surface area contributed by atoms with Gasteiger partial charge in [-0.05, 0) is 31.2 Å². The summed E-state index contributed by atoms with van der Waals surface area (Å²) in [4.78, 5) is 0. The number of para-hydroxylation sites is 1. The van der Waals surface area contributed by atoms with E-state index in [4.69, 9.17) is 9.47 Å². The van der Waals surface area contributed by atoms with Crippen LogP contribution >= 0.6 is 0 Å². The Hall–Kier alpha value is -2.20. The second-order valence-electron chi connectivity index (χ2n) is 5.33. The Balaban J connectivity index is 1.72. The smallest absolute Gasteiger partial charge is 0.124 e. The molecule has 1 aliphatic heterocycles. The lowest BCUT2D eigenvalue weighted by Crippen LogP contribution is -2.26. The second-order valence-corrected chi connectivity index (χ2v) is 5.33. The lowest BCUT2D eigenvalue weighted by molar-refractivity contribution is 0.252. The lowest BCUT2D eigenvalue weighted by atomic mass is 10.0. The van der Waals surface area contributed by atoms with Crippen molar-refractivity contribution in [2.75, 3.05) is 13.2 Å². The zero-order valence-corrected chi connectivity index (χ0v) is 12.7. The summed E-state index contributed by atoms with van der Waals surface area (Å²) in [5, 5.41) is 13.5. The molecule has 116 valence electrons. The number of fused-ring (bicyclic) bond motifs is 1. The van der Waals surface area contributed by atoms with E-state index in [1.54, 1.807) is 12.1 Å². The van der Waals surface area contributed by atoms with E-state index >= 15 is 0 Å². The monoisotopic (exact) mass is 299 g/mol. The number of ether oxygens (including phenoxy) is 2. The number of rotatable bonds is 5. The lowest BCUT2D eigenvalue weighted by Gasteiger charge is -2.27. The Morgan fingerprint density at radius 1 is 1.27 bits per heavy atom. The largest absolute Gasteiger partial charge is 0.508 e. The highest BCUT2D eigenvalue weighted by Gasteiger charge is 2.20. The standard InChI is InChI=1S/C18H21NO3/c1-2-21-14-7-8-17(20)13(11-14)12-19-16-9-10-22-18-6-4-3-5-15(16)18/h3-8,11,16,19-20H,2,9-10,12H2,1H3. The molecular formula is C18H21NO3. The average Bonchev–Trinajstić information content (AvgIpc) is 2.55. The van der Waals surface area contributed by atoms with Crippen molar-refractivity contribution < 1.29 is 14.6 Å². The van der Waals surface area contributed by atoms with Crippen LogP contribution < -0.4 is 14.8 Å². The van der Waals surface area contributed by atoms with E-state index in [-0.39, 0.29) is 11.8 Å². The van der Waals surface area contributed by atoms with Gasteiger partial charge in [-0.25, -0.2) is 0 Å².